The zero-order chi connectivity index (χ0) is 75.5. The van der Waals surface area contributed by atoms with Gasteiger partial charge in [0.15, 0.2) is 62.0 Å². The molecule has 9 aromatic heterocycles. The molecule has 0 saturated heterocycles. The zero-order valence-corrected chi connectivity index (χ0v) is 63.5. The number of nitrogens with zero attached hydrogens (tertiary/aromatic N) is 10. The van der Waals surface area contributed by atoms with E-state index in [9.17, 15) is 0 Å². The fourth-order valence-electron chi connectivity index (χ4n) is 16.2. The van der Waals surface area contributed by atoms with Crippen LogP contribution >= 0.6 is 0 Å². The van der Waals surface area contributed by atoms with Crippen molar-refractivity contribution in [3.05, 3.63) is 364 Å². The summed E-state index contributed by atoms with van der Waals surface area (Å²) >= 11 is 0. The van der Waals surface area contributed by atoms with E-state index in [0.717, 1.165) is 241 Å². The summed E-state index contributed by atoms with van der Waals surface area (Å²) in [5.41, 5.74) is 32.9. The van der Waals surface area contributed by atoms with E-state index in [4.69, 9.17) is 29.4 Å². The first kappa shape index (κ1) is 68.7. The fraction of sp³-hybridized carbons (Fsp3) is 0.146. The minimum absolute atomic E-state index is 0.401. The molecule has 0 radical (unpaired) electrons. The maximum atomic E-state index is 7.04. The number of allylic oxidation sites excluding steroid dienone is 22. The van der Waals surface area contributed by atoms with Gasteiger partial charge in [0.05, 0.1) is 74.0 Å². The van der Waals surface area contributed by atoms with Gasteiger partial charge in [-0.15, -0.1) is 0 Å². The quantitative estimate of drug-likeness (QED) is 0.0847. The molecule has 16 heterocycles. The van der Waals surface area contributed by atoms with Crippen LogP contribution in [0.25, 0.3) is 102 Å². The number of aromatic nitrogens is 10. The molecule has 3 aliphatic carbocycles. The number of H-pyrrole nitrogens is 3. The summed E-state index contributed by atoms with van der Waals surface area (Å²) in [6, 6.07) is 34.8. The maximum Gasteiger partial charge on any atom is 0.214 e. The van der Waals surface area contributed by atoms with Gasteiger partial charge in [-0.1, -0.05) is 24.3 Å². The number of pyridine rings is 5. The minimum atomic E-state index is 0.401. The molecule has 9 aromatic rings. The highest BCUT2D eigenvalue weighted by Crippen LogP contribution is 2.42. The average molecular weight is 1470 g/mol. The molecule has 0 amide bonds. The van der Waals surface area contributed by atoms with Crippen LogP contribution in [0, 0.1) is 0 Å². The number of hydrogen-bond acceptors (Lipinski definition) is 7. The van der Waals surface area contributed by atoms with Crippen LogP contribution in [-0.2, 0) is 44.7 Å². The Morgan fingerprint density at radius 1 is 0.384 bits per heavy atom. The van der Waals surface area contributed by atoms with Gasteiger partial charge in [-0.2, -0.15) is 0 Å². The van der Waals surface area contributed by atoms with Crippen LogP contribution in [-0.4, -0.2) is 67.2 Å². The second-order valence-electron chi connectivity index (χ2n) is 29.7. The SMILES string of the molecule is CN1C=CC(=C2C3=NC(=C(C4=CCCC(OCC5=CCCC=C5COC5=CC(c6c7nc(c(-c8cc[n+](C)cc8)c8ccc([nH]8)c(-c8cc[n+](C)cc8)c8ccc([nH]8)c(-c8cc[n+](C)cc8)c8nc6C=C8)C=C7)=CCC5)=C4)C4=NC(=C(c5cc[n+](C)cc5)C5=[NH+]C(=C(c6cc[n+](C)cc6)c6ccc2[nH]6)C=C5)C=C4)C=C3)C=C1. The van der Waals surface area contributed by atoms with Gasteiger partial charge in [-0.05, 0) is 180 Å². The molecule has 7 aliphatic heterocycles. The Bertz CT molecular complexity index is 6200. The molecule has 0 fully saturated rings. The van der Waals surface area contributed by atoms with Crippen LogP contribution in [0.5, 0.6) is 0 Å². The predicted molar refractivity (Wildman–Crippen MR) is 444 cm³/mol. The number of aromatic amines is 3. The van der Waals surface area contributed by atoms with Crippen molar-refractivity contribution in [2.24, 2.45) is 45.2 Å². The fourth-order valence-corrected chi connectivity index (χ4v) is 16.2. The van der Waals surface area contributed by atoms with E-state index in [-0.39, 0.29) is 0 Å². The molecule has 16 nitrogen and oxygen atoms in total. The van der Waals surface area contributed by atoms with Crippen LogP contribution in [0.4, 0.5) is 0 Å². The van der Waals surface area contributed by atoms with Crippen LogP contribution in [0.1, 0.15) is 89.4 Å². The van der Waals surface area contributed by atoms with Crippen molar-refractivity contribution in [3.63, 3.8) is 0 Å². The summed E-state index contributed by atoms with van der Waals surface area (Å²) in [4.78, 5) is 40.3. The maximum absolute atomic E-state index is 7.04. The van der Waals surface area contributed by atoms with Gasteiger partial charge >= 0.3 is 0 Å². The lowest BCUT2D eigenvalue weighted by Gasteiger charge is -2.22. The van der Waals surface area contributed by atoms with Crippen molar-refractivity contribution < 1.29 is 37.3 Å². The summed E-state index contributed by atoms with van der Waals surface area (Å²) in [5.74, 6) is 1.81. The Hall–Kier alpha value is -13.9. The molecule has 112 heavy (non-hydrogen) atoms. The smallest absolute Gasteiger partial charge is 0.214 e. The first-order valence-corrected chi connectivity index (χ1v) is 38.4. The second kappa shape index (κ2) is 28.9. The Labute approximate surface area is 650 Å². The van der Waals surface area contributed by atoms with E-state index >= 15 is 0 Å². The molecule has 544 valence electrons. The third-order valence-corrected chi connectivity index (χ3v) is 22.0. The van der Waals surface area contributed by atoms with Crippen molar-refractivity contribution in [1.82, 2.24) is 29.8 Å². The largest absolute Gasteiger partial charge is 0.493 e. The normalized spacial score (nSPS) is 16.9. The summed E-state index contributed by atoms with van der Waals surface area (Å²) in [5, 5.41) is 0. The number of aliphatic imine (C=N–C) groups is 2. The third kappa shape index (κ3) is 13.4. The van der Waals surface area contributed by atoms with Crippen molar-refractivity contribution in [1.29, 1.82) is 0 Å². The van der Waals surface area contributed by atoms with E-state index in [1.807, 2.05) is 42.3 Å². The van der Waals surface area contributed by atoms with Crippen LogP contribution in [0.2, 0.25) is 0 Å². The Morgan fingerprint density at radius 2 is 0.804 bits per heavy atom. The van der Waals surface area contributed by atoms with Crippen molar-refractivity contribution in [2.75, 3.05) is 20.3 Å². The summed E-state index contributed by atoms with van der Waals surface area (Å²) in [6.45, 7) is 0.801. The van der Waals surface area contributed by atoms with E-state index < -0.39 is 0 Å². The molecule has 16 bridgehead atoms. The van der Waals surface area contributed by atoms with Crippen molar-refractivity contribution >= 4 is 85.8 Å². The average Bonchev–Trinajstić information content (AvgIpc) is 1.61. The van der Waals surface area contributed by atoms with Gasteiger partial charge in [0.2, 0.25) is 11.4 Å². The number of rotatable bonds is 13. The molecule has 10 aliphatic rings. The van der Waals surface area contributed by atoms with Crippen LogP contribution < -0.4 is 27.8 Å². The van der Waals surface area contributed by atoms with E-state index in [0.29, 0.717) is 13.2 Å². The molecule has 0 unspecified atom stereocenters. The van der Waals surface area contributed by atoms with Gasteiger partial charge in [0, 0.05) is 177 Å². The van der Waals surface area contributed by atoms with Gasteiger partial charge < -0.3 is 29.3 Å². The Kier molecular flexibility index (Phi) is 17.7. The highest BCUT2D eigenvalue weighted by Gasteiger charge is 2.32. The van der Waals surface area contributed by atoms with Gasteiger partial charge in [-0.3, -0.25) is 0 Å². The highest BCUT2D eigenvalue weighted by atomic mass is 16.5. The molecular weight excluding hydrogens is 1380 g/mol. The van der Waals surface area contributed by atoms with Crippen LogP contribution in [0.3, 0.4) is 0 Å². The van der Waals surface area contributed by atoms with Crippen molar-refractivity contribution in [3.8, 4) is 33.4 Å². The van der Waals surface area contributed by atoms with Gasteiger partial charge in [-0.25, -0.2) is 47.8 Å². The molecule has 19 rings (SSSR count). The second-order valence-corrected chi connectivity index (χ2v) is 29.7. The third-order valence-electron chi connectivity index (χ3n) is 22.0. The van der Waals surface area contributed by atoms with Crippen LogP contribution in [0.15, 0.2) is 323 Å². The lowest BCUT2D eigenvalue weighted by atomic mass is 9.93. The number of nitrogens with one attached hydrogen (secondary N) is 4. The molecular formula is C96H84N14O2+6. The van der Waals surface area contributed by atoms with E-state index in [1.165, 1.54) is 0 Å². The van der Waals surface area contributed by atoms with Gasteiger partial charge in [0.1, 0.15) is 48.5 Å². The van der Waals surface area contributed by atoms with Gasteiger partial charge in [0.25, 0.3) is 0 Å². The molecule has 16 heteroatoms. The molecule has 0 saturated carbocycles. The number of ether oxygens (including phenoxy) is 2. The first-order chi connectivity index (χ1) is 54.9. The first-order valence-electron chi connectivity index (χ1n) is 38.4. The molecule has 4 N–H and O–H groups in total. The zero-order valence-electron chi connectivity index (χ0n) is 63.5. The molecule has 0 aromatic carbocycles. The summed E-state index contributed by atoms with van der Waals surface area (Å²) < 4.78 is 24.4. The predicted octanol–water partition coefficient (Wildman–Crippen LogP) is 14.4. The summed E-state index contributed by atoms with van der Waals surface area (Å²) in [6.07, 6.45) is 69.7. The monoisotopic (exact) mass is 1460 g/mol. The van der Waals surface area contributed by atoms with E-state index in [1.54, 1.807) is 0 Å². The Balaban J connectivity index is 0.656. The standard InChI is InChI=1S/C96H82N14O2/c1-105-45-33-61(34-46-105)89-73-17-21-77(97-73)91(63-37-49-107(3)50-38-63)81-25-29-85(101-81)95(86-30-26-82(102-86)92(78-22-18-74(89)98-78)64-39-51-108(4)52-40-64)67-13-9-15-71(57-67)111-59-69-11-7-8-12-70(69)60-112-72-16-10-14-68(58-72)96-87-31-27-83(103-87)93(65-41-53-109(5)54-42-65)79-23-19-75(99-79)90(62-35-47-106(2)48-36-62)76-20-24-80(100-76)94(84-28-32-88(96)104-84)66-43-55-110(6)56-44-66/h11-14,17-58H,7-10,15-16,59-60H2,1-6H3,(H2,97,98,99,100,101,102,103,104)/q+4/p+2. The highest BCUT2D eigenvalue weighted by molar-refractivity contribution is 6.33. The topological polar surface area (TPSA) is 153 Å². The summed E-state index contributed by atoms with van der Waals surface area (Å²) in [7, 11) is 12.3. The minimum Gasteiger partial charge on any atom is -0.493 e. The lowest BCUT2D eigenvalue weighted by Crippen LogP contribution is -2.68. The number of aryl methyl sites for hydroxylation is 5. The number of fused-ring (bicyclic) bond motifs is 13. The van der Waals surface area contributed by atoms with Crippen molar-refractivity contribution in [2.45, 2.75) is 38.5 Å². The lowest BCUT2D eigenvalue weighted by molar-refractivity contribution is -0.671. The molecule has 0 spiro atoms. The van der Waals surface area contributed by atoms with E-state index in [2.05, 4.69) is 328 Å². The Morgan fingerprint density at radius 3 is 1.31 bits per heavy atom. The molecule has 0 atom stereocenters. The number of hydrogen-bond donors (Lipinski definition) is 4.